The maximum Gasteiger partial charge on any atom is 0.0480 e. The van der Waals surface area contributed by atoms with Crippen molar-refractivity contribution in [3.8, 4) is 0 Å². The molecule has 2 aromatic carbocycles. The molecule has 0 N–H and O–H groups in total. The number of hydrogen-bond acceptors (Lipinski definition) is 2. The van der Waals surface area contributed by atoms with Gasteiger partial charge in [0, 0.05) is 48.6 Å². The summed E-state index contributed by atoms with van der Waals surface area (Å²) in [4.78, 5) is 4.49. The molecule has 0 bridgehead atoms. The van der Waals surface area contributed by atoms with Gasteiger partial charge in [-0.05, 0) is 77.1 Å². The maximum atomic E-state index is 2.32. The van der Waals surface area contributed by atoms with E-state index in [2.05, 4.69) is 134 Å². The summed E-state index contributed by atoms with van der Waals surface area (Å²) >= 11 is 0. The molecule has 0 unspecified atom stereocenters. The van der Waals surface area contributed by atoms with E-state index in [0.29, 0.717) is 12.1 Å². The van der Waals surface area contributed by atoms with E-state index in [-0.39, 0.29) is 7.43 Å². The Morgan fingerprint density at radius 1 is 0.613 bits per heavy atom. The third kappa shape index (κ3) is 6.22. The quantitative estimate of drug-likeness (QED) is 0.391. The van der Waals surface area contributed by atoms with E-state index in [9.17, 15) is 0 Å². The number of para-hydroxylation sites is 2. The molecule has 0 aliphatic carbocycles. The van der Waals surface area contributed by atoms with Crippen LogP contribution in [-0.4, -0.2) is 59.2 Å². The molecule has 4 rings (SSSR count). The number of likely N-dealkylation sites (N-methyl/N-ethyl adjacent to an activating group) is 2. The Hall–Kier alpha value is -2.56. The first-order chi connectivity index (χ1) is 14.4. The molecule has 0 spiro atoms. The molecular weight excluding hydrogens is 380 g/mol. The fourth-order valence-electron chi connectivity index (χ4n) is 3.50. The predicted molar refractivity (Wildman–Crippen MR) is 137 cm³/mol. The summed E-state index contributed by atoms with van der Waals surface area (Å²) in [5.41, 5.74) is 2.65. The first-order valence-electron chi connectivity index (χ1n) is 10.8. The van der Waals surface area contributed by atoms with Crippen molar-refractivity contribution in [2.24, 2.45) is 0 Å². The second-order valence-electron chi connectivity index (χ2n) is 8.68. The highest BCUT2D eigenvalue weighted by molar-refractivity contribution is 5.80. The Morgan fingerprint density at radius 2 is 0.968 bits per heavy atom. The lowest BCUT2D eigenvalue weighted by atomic mass is 10.2. The maximum absolute atomic E-state index is 2.32. The van der Waals surface area contributed by atoms with Gasteiger partial charge in [0.15, 0.2) is 0 Å². The van der Waals surface area contributed by atoms with Crippen LogP contribution in [0.25, 0.3) is 21.8 Å². The molecule has 4 heteroatoms. The SMILES string of the molecule is C.C[C@@H](Cn1ccc2ccccc21)N(C)C.C[C@H](Cn1ccc2ccccc21)N(C)C. The summed E-state index contributed by atoms with van der Waals surface area (Å²) in [5, 5.41) is 2.65. The summed E-state index contributed by atoms with van der Waals surface area (Å²) in [6.07, 6.45) is 4.34. The van der Waals surface area contributed by atoms with Crippen LogP contribution >= 0.6 is 0 Å². The Kier molecular flexibility index (Phi) is 8.90. The van der Waals surface area contributed by atoms with Crippen molar-refractivity contribution < 1.29 is 0 Å². The van der Waals surface area contributed by atoms with Crippen molar-refractivity contribution in [1.29, 1.82) is 0 Å². The first kappa shape index (κ1) is 24.7. The van der Waals surface area contributed by atoms with E-state index < -0.39 is 0 Å². The monoisotopic (exact) mass is 420 g/mol. The molecule has 2 heterocycles. The molecule has 0 aliphatic rings. The number of nitrogens with zero attached hydrogens (tertiary/aromatic N) is 4. The van der Waals surface area contributed by atoms with Gasteiger partial charge in [0.1, 0.15) is 0 Å². The Bertz CT molecular complexity index is 971. The molecule has 0 amide bonds. The van der Waals surface area contributed by atoms with Gasteiger partial charge in [-0.3, -0.25) is 0 Å². The number of fused-ring (bicyclic) bond motifs is 2. The minimum absolute atomic E-state index is 0. The molecule has 0 saturated carbocycles. The van der Waals surface area contributed by atoms with Gasteiger partial charge in [-0.15, -0.1) is 0 Å². The van der Waals surface area contributed by atoms with Gasteiger partial charge in [0.2, 0.25) is 0 Å². The highest BCUT2D eigenvalue weighted by atomic mass is 15.1. The summed E-state index contributed by atoms with van der Waals surface area (Å²) in [7, 11) is 8.49. The van der Waals surface area contributed by atoms with Gasteiger partial charge in [-0.2, -0.15) is 0 Å². The molecule has 0 saturated heterocycles. The fourth-order valence-corrected chi connectivity index (χ4v) is 3.50. The normalized spacial score (nSPS) is 13.2. The van der Waals surface area contributed by atoms with E-state index in [0.717, 1.165) is 13.1 Å². The molecule has 0 fully saturated rings. The van der Waals surface area contributed by atoms with Crippen LogP contribution in [0.2, 0.25) is 0 Å². The Morgan fingerprint density at radius 3 is 1.32 bits per heavy atom. The largest absolute Gasteiger partial charge is 0.346 e. The van der Waals surface area contributed by atoms with Crippen LogP contribution in [0.3, 0.4) is 0 Å². The third-order valence-corrected chi connectivity index (χ3v) is 6.05. The number of rotatable bonds is 6. The lowest BCUT2D eigenvalue weighted by Gasteiger charge is -2.20. The molecule has 4 nitrogen and oxygen atoms in total. The van der Waals surface area contributed by atoms with Gasteiger partial charge >= 0.3 is 0 Å². The average Bonchev–Trinajstić information content (AvgIpc) is 3.33. The Labute approximate surface area is 188 Å². The van der Waals surface area contributed by atoms with E-state index in [4.69, 9.17) is 0 Å². The standard InChI is InChI=1S/2C13H18N2.CH4/c2*1-11(14(2)3)10-15-9-8-12-6-4-5-7-13(12)15;/h2*4-9,11H,10H2,1-3H3;1H4/t2*11-;/m10./s1. The van der Waals surface area contributed by atoms with E-state index in [1.54, 1.807) is 0 Å². The summed E-state index contributed by atoms with van der Waals surface area (Å²) in [6, 6.07) is 22.5. The van der Waals surface area contributed by atoms with Crippen molar-refractivity contribution in [2.75, 3.05) is 28.2 Å². The first-order valence-corrected chi connectivity index (χ1v) is 10.8. The Balaban J connectivity index is 0.000000213. The fraction of sp³-hybridized carbons (Fsp3) is 0.407. The minimum Gasteiger partial charge on any atom is -0.346 e. The van der Waals surface area contributed by atoms with Crippen LogP contribution in [0, 0.1) is 0 Å². The average molecular weight is 421 g/mol. The second kappa shape index (κ2) is 11.2. The van der Waals surface area contributed by atoms with Crippen LogP contribution in [-0.2, 0) is 13.1 Å². The number of benzene rings is 2. The van der Waals surface area contributed by atoms with Gasteiger partial charge in [0.05, 0.1) is 0 Å². The smallest absolute Gasteiger partial charge is 0.0480 e. The summed E-state index contributed by atoms with van der Waals surface area (Å²) in [5.74, 6) is 0. The second-order valence-corrected chi connectivity index (χ2v) is 8.68. The zero-order valence-electron chi connectivity index (χ0n) is 19.3. The van der Waals surface area contributed by atoms with Crippen molar-refractivity contribution in [3.63, 3.8) is 0 Å². The van der Waals surface area contributed by atoms with Crippen molar-refractivity contribution in [1.82, 2.24) is 18.9 Å². The van der Waals surface area contributed by atoms with Crippen molar-refractivity contribution >= 4 is 21.8 Å². The van der Waals surface area contributed by atoms with Gasteiger partial charge < -0.3 is 18.9 Å². The van der Waals surface area contributed by atoms with Crippen LogP contribution in [0.15, 0.2) is 73.1 Å². The molecular formula is C27H40N4. The molecule has 2 atom stereocenters. The van der Waals surface area contributed by atoms with Crippen LogP contribution in [0.1, 0.15) is 21.3 Å². The van der Waals surface area contributed by atoms with Crippen molar-refractivity contribution in [2.45, 2.75) is 46.4 Å². The van der Waals surface area contributed by atoms with Crippen molar-refractivity contribution in [3.05, 3.63) is 73.1 Å². The van der Waals surface area contributed by atoms with E-state index in [1.807, 2.05) is 0 Å². The summed E-state index contributed by atoms with van der Waals surface area (Å²) in [6.45, 7) is 6.57. The minimum atomic E-state index is 0. The van der Waals surface area contributed by atoms with Gasteiger partial charge in [-0.1, -0.05) is 43.8 Å². The van der Waals surface area contributed by atoms with Crippen LogP contribution in [0.4, 0.5) is 0 Å². The van der Waals surface area contributed by atoms with E-state index >= 15 is 0 Å². The topological polar surface area (TPSA) is 16.3 Å². The predicted octanol–water partition coefficient (Wildman–Crippen LogP) is 5.82. The lowest BCUT2D eigenvalue weighted by molar-refractivity contribution is 0.286. The highest BCUT2D eigenvalue weighted by Crippen LogP contribution is 2.17. The van der Waals surface area contributed by atoms with Crippen LogP contribution in [0.5, 0.6) is 0 Å². The number of aromatic nitrogens is 2. The zero-order chi connectivity index (χ0) is 21.7. The van der Waals surface area contributed by atoms with Gasteiger partial charge in [-0.25, -0.2) is 0 Å². The molecule has 31 heavy (non-hydrogen) atoms. The third-order valence-electron chi connectivity index (χ3n) is 6.05. The zero-order valence-corrected chi connectivity index (χ0v) is 19.3. The van der Waals surface area contributed by atoms with Gasteiger partial charge in [0.25, 0.3) is 0 Å². The number of hydrogen-bond donors (Lipinski definition) is 0. The molecule has 4 aromatic rings. The molecule has 168 valence electrons. The summed E-state index contributed by atoms with van der Waals surface area (Å²) < 4.78 is 4.64. The molecule has 0 aliphatic heterocycles. The lowest BCUT2D eigenvalue weighted by Crippen LogP contribution is -2.28. The van der Waals surface area contributed by atoms with Crippen LogP contribution < -0.4 is 0 Å². The van der Waals surface area contributed by atoms with E-state index in [1.165, 1.54) is 21.8 Å². The molecule has 0 radical (unpaired) electrons. The highest BCUT2D eigenvalue weighted by Gasteiger charge is 2.08. The molecule has 2 aromatic heterocycles.